The summed E-state index contributed by atoms with van der Waals surface area (Å²) in [6.07, 6.45) is 7.31. The molecule has 0 aliphatic heterocycles. The number of urea groups is 1. The number of imide groups is 1. The Kier molecular flexibility index (Phi) is 7.13. The predicted molar refractivity (Wildman–Crippen MR) is 107 cm³/mol. The molecule has 2 aromatic heterocycles. The van der Waals surface area contributed by atoms with Crippen molar-refractivity contribution in [3.8, 4) is 11.6 Å². The van der Waals surface area contributed by atoms with Gasteiger partial charge < -0.3 is 9.73 Å². The van der Waals surface area contributed by atoms with Crippen molar-refractivity contribution in [3.63, 3.8) is 0 Å². The van der Waals surface area contributed by atoms with Gasteiger partial charge in [-0.25, -0.2) is 4.79 Å². The summed E-state index contributed by atoms with van der Waals surface area (Å²) in [7, 11) is 0. The molecular weight excluding hydrogens is 378 g/mol. The molecule has 3 amide bonds. The zero-order valence-corrected chi connectivity index (χ0v) is 17.1. The lowest BCUT2D eigenvalue weighted by atomic mass is 9.95. The van der Waals surface area contributed by atoms with E-state index in [0.29, 0.717) is 35.2 Å². The Labute approximate surface area is 168 Å². The van der Waals surface area contributed by atoms with Crippen molar-refractivity contribution >= 4 is 23.7 Å². The molecule has 0 radical (unpaired) electrons. The average molecular weight is 406 g/mol. The lowest BCUT2D eigenvalue weighted by Gasteiger charge is -2.25. The summed E-state index contributed by atoms with van der Waals surface area (Å²) in [5, 5.41) is 14.3. The van der Waals surface area contributed by atoms with Crippen molar-refractivity contribution in [1.29, 1.82) is 0 Å². The number of carbonyl (C=O) groups excluding carboxylic acids is 2. The van der Waals surface area contributed by atoms with E-state index in [1.165, 1.54) is 31.0 Å². The highest BCUT2D eigenvalue weighted by Gasteiger charge is 2.25. The molecule has 0 atom stereocenters. The van der Waals surface area contributed by atoms with Crippen LogP contribution in [0, 0.1) is 5.92 Å². The third kappa shape index (κ3) is 5.37. The number of furan rings is 1. The minimum atomic E-state index is -0.468. The van der Waals surface area contributed by atoms with Crippen molar-refractivity contribution in [2.75, 3.05) is 12.3 Å². The van der Waals surface area contributed by atoms with Gasteiger partial charge >= 0.3 is 6.03 Å². The number of thioether (sulfide) groups is 1. The van der Waals surface area contributed by atoms with Crippen LogP contribution in [0.5, 0.6) is 0 Å². The second-order valence-electron chi connectivity index (χ2n) is 7.39. The van der Waals surface area contributed by atoms with Gasteiger partial charge in [-0.1, -0.05) is 44.9 Å². The van der Waals surface area contributed by atoms with Crippen molar-refractivity contribution in [2.45, 2.75) is 57.1 Å². The largest absolute Gasteiger partial charge is 0.461 e. The second-order valence-corrected chi connectivity index (χ2v) is 8.33. The van der Waals surface area contributed by atoms with Gasteiger partial charge in [-0.05, 0) is 30.9 Å². The van der Waals surface area contributed by atoms with Crippen LogP contribution in [0.3, 0.4) is 0 Å². The molecule has 1 aliphatic rings. The van der Waals surface area contributed by atoms with Gasteiger partial charge in [-0.3, -0.25) is 14.7 Å². The summed E-state index contributed by atoms with van der Waals surface area (Å²) >= 11 is 1.29. The summed E-state index contributed by atoms with van der Waals surface area (Å²) in [6, 6.07) is 3.52. The fourth-order valence-electron chi connectivity index (χ4n) is 3.25. The standard InChI is InChI=1S/C19H27N5O3S/c1-13(2)11-20-18(26)21-16(25)12-28-19-23-22-17(15-9-6-10-27-15)24(19)14-7-4-3-5-8-14/h6,9-10,13-14H,3-5,7-8,11-12H2,1-2H3,(H2,20,21,25,26). The van der Waals surface area contributed by atoms with Gasteiger partial charge in [-0.2, -0.15) is 0 Å². The van der Waals surface area contributed by atoms with E-state index in [-0.39, 0.29) is 11.7 Å². The fourth-order valence-corrected chi connectivity index (χ4v) is 4.06. The number of amides is 3. The van der Waals surface area contributed by atoms with E-state index in [4.69, 9.17) is 4.42 Å². The molecule has 2 heterocycles. The number of hydrogen-bond acceptors (Lipinski definition) is 6. The zero-order chi connectivity index (χ0) is 19.9. The van der Waals surface area contributed by atoms with Gasteiger partial charge in [0.25, 0.3) is 0 Å². The summed E-state index contributed by atoms with van der Waals surface area (Å²) in [4.78, 5) is 23.9. The van der Waals surface area contributed by atoms with Crippen molar-refractivity contribution in [1.82, 2.24) is 25.4 Å². The van der Waals surface area contributed by atoms with Gasteiger partial charge in [0, 0.05) is 12.6 Å². The smallest absolute Gasteiger partial charge is 0.321 e. The Bertz CT molecular complexity index is 782. The third-order valence-electron chi connectivity index (χ3n) is 4.60. The van der Waals surface area contributed by atoms with E-state index >= 15 is 0 Å². The molecule has 0 aromatic carbocycles. The predicted octanol–water partition coefficient (Wildman–Crippen LogP) is 3.62. The van der Waals surface area contributed by atoms with Crippen LogP contribution < -0.4 is 10.6 Å². The Morgan fingerprint density at radius 3 is 2.75 bits per heavy atom. The molecule has 1 saturated carbocycles. The zero-order valence-electron chi connectivity index (χ0n) is 16.3. The first-order valence-electron chi connectivity index (χ1n) is 9.74. The maximum Gasteiger partial charge on any atom is 0.321 e. The SMILES string of the molecule is CC(C)CNC(=O)NC(=O)CSc1nnc(-c2ccco2)n1C1CCCCC1. The molecule has 0 spiro atoms. The van der Waals surface area contributed by atoms with E-state index < -0.39 is 6.03 Å². The average Bonchev–Trinajstić information content (AvgIpc) is 3.34. The molecule has 0 saturated heterocycles. The molecule has 1 fully saturated rings. The van der Waals surface area contributed by atoms with Crippen LogP contribution in [0.1, 0.15) is 52.0 Å². The maximum absolute atomic E-state index is 12.1. The molecule has 152 valence electrons. The van der Waals surface area contributed by atoms with Crippen LogP contribution in [0.25, 0.3) is 11.6 Å². The summed E-state index contributed by atoms with van der Waals surface area (Å²) in [6.45, 7) is 4.51. The van der Waals surface area contributed by atoms with E-state index in [1.807, 2.05) is 26.0 Å². The highest BCUT2D eigenvalue weighted by molar-refractivity contribution is 7.99. The number of carbonyl (C=O) groups is 2. The van der Waals surface area contributed by atoms with Crippen molar-refractivity contribution in [3.05, 3.63) is 18.4 Å². The first kappa shape index (κ1) is 20.4. The normalized spacial score (nSPS) is 15.0. The number of aromatic nitrogens is 3. The lowest BCUT2D eigenvalue weighted by molar-refractivity contribution is -0.117. The Balaban J connectivity index is 1.66. The van der Waals surface area contributed by atoms with Gasteiger partial charge in [0.05, 0.1) is 12.0 Å². The van der Waals surface area contributed by atoms with Crippen LogP contribution in [-0.2, 0) is 4.79 Å². The van der Waals surface area contributed by atoms with Crippen LogP contribution >= 0.6 is 11.8 Å². The molecule has 2 N–H and O–H groups in total. The second kappa shape index (κ2) is 9.77. The van der Waals surface area contributed by atoms with Crippen molar-refractivity contribution < 1.29 is 14.0 Å². The Morgan fingerprint density at radius 1 is 1.29 bits per heavy atom. The highest BCUT2D eigenvalue weighted by Crippen LogP contribution is 2.35. The number of nitrogens with one attached hydrogen (secondary N) is 2. The summed E-state index contributed by atoms with van der Waals surface area (Å²) < 4.78 is 7.62. The van der Waals surface area contributed by atoms with Crippen molar-refractivity contribution in [2.24, 2.45) is 5.92 Å². The summed E-state index contributed by atoms with van der Waals surface area (Å²) in [5.41, 5.74) is 0. The minimum Gasteiger partial charge on any atom is -0.461 e. The fraction of sp³-hybridized carbons (Fsp3) is 0.579. The number of nitrogens with zero attached hydrogens (tertiary/aromatic N) is 3. The molecule has 0 unspecified atom stereocenters. The first-order valence-corrected chi connectivity index (χ1v) is 10.7. The van der Waals surface area contributed by atoms with Gasteiger partial charge in [0.15, 0.2) is 10.9 Å². The monoisotopic (exact) mass is 405 g/mol. The Hall–Kier alpha value is -2.29. The van der Waals surface area contributed by atoms with Gasteiger partial charge in [-0.15, -0.1) is 10.2 Å². The first-order chi connectivity index (χ1) is 13.5. The van der Waals surface area contributed by atoms with Gasteiger partial charge in [0.1, 0.15) is 0 Å². The van der Waals surface area contributed by atoms with Crippen LogP contribution in [0.4, 0.5) is 4.79 Å². The quantitative estimate of drug-likeness (QED) is 0.682. The van der Waals surface area contributed by atoms with E-state index in [9.17, 15) is 9.59 Å². The van der Waals surface area contributed by atoms with E-state index in [1.54, 1.807) is 6.26 Å². The van der Waals surface area contributed by atoms with Gasteiger partial charge in [0.2, 0.25) is 11.7 Å². The number of hydrogen-bond donors (Lipinski definition) is 2. The Morgan fingerprint density at radius 2 is 2.07 bits per heavy atom. The van der Waals surface area contributed by atoms with E-state index in [0.717, 1.165) is 12.8 Å². The topological polar surface area (TPSA) is 102 Å². The maximum atomic E-state index is 12.1. The molecule has 0 bridgehead atoms. The minimum absolute atomic E-state index is 0.0953. The lowest BCUT2D eigenvalue weighted by Crippen LogP contribution is -2.41. The van der Waals surface area contributed by atoms with E-state index in [2.05, 4.69) is 25.4 Å². The molecule has 3 rings (SSSR count). The highest BCUT2D eigenvalue weighted by atomic mass is 32.2. The third-order valence-corrected chi connectivity index (χ3v) is 5.55. The van der Waals surface area contributed by atoms with Crippen LogP contribution in [0.15, 0.2) is 28.0 Å². The molecular formula is C19H27N5O3S. The molecule has 8 nitrogen and oxygen atoms in total. The molecule has 2 aromatic rings. The molecule has 28 heavy (non-hydrogen) atoms. The number of rotatable bonds is 7. The molecule has 1 aliphatic carbocycles. The summed E-state index contributed by atoms with van der Waals surface area (Å²) in [5.74, 6) is 1.42. The van der Waals surface area contributed by atoms with Crippen LogP contribution in [-0.4, -0.2) is 39.0 Å². The molecule has 9 heteroatoms. The van der Waals surface area contributed by atoms with Crippen LogP contribution in [0.2, 0.25) is 0 Å².